The van der Waals surface area contributed by atoms with Gasteiger partial charge < -0.3 is 5.11 Å². The van der Waals surface area contributed by atoms with Crippen LogP contribution in [-0.2, 0) is 6.54 Å². The van der Waals surface area contributed by atoms with Gasteiger partial charge >= 0.3 is 0 Å². The van der Waals surface area contributed by atoms with Gasteiger partial charge in [-0.25, -0.2) is 4.98 Å². The fourth-order valence-corrected chi connectivity index (χ4v) is 3.41. The van der Waals surface area contributed by atoms with Gasteiger partial charge in [-0.15, -0.1) is 11.3 Å². The molecule has 0 aliphatic heterocycles. The Morgan fingerprint density at radius 1 is 1.39 bits per heavy atom. The molecule has 1 saturated carbocycles. The van der Waals surface area contributed by atoms with Crippen LogP contribution in [0, 0.1) is 0 Å². The zero-order chi connectivity index (χ0) is 12.6. The van der Waals surface area contributed by atoms with E-state index in [1.807, 2.05) is 5.38 Å². The van der Waals surface area contributed by atoms with Gasteiger partial charge in [0, 0.05) is 0 Å². The van der Waals surface area contributed by atoms with E-state index in [9.17, 15) is 9.90 Å². The SMILES string of the molecule is O=c1c2ccsc2ncn1CC1(O)CCCCC1. The molecule has 0 radical (unpaired) electrons. The van der Waals surface area contributed by atoms with Crippen LogP contribution < -0.4 is 5.56 Å². The van der Waals surface area contributed by atoms with Crippen LogP contribution in [0.3, 0.4) is 0 Å². The van der Waals surface area contributed by atoms with Crippen LogP contribution in [0.5, 0.6) is 0 Å². The first-order valence-corrected chi connectivity index (χ1v) is 7.21. The van der Waals surface area contributed by atoms with Crippen molar-refractivity contribution in [2.75, 3.05) is 0 Å². The van der Waals surface area contributed by atoms with Crippen molar-refractivity contribution >= 4 is 21.6 Å². The number of hydrogen-bond acceptors (Lipinski definition) is 4. The largest absolute Gasteiger partial charge is 0.388 e. The Labute approximate surface area is 109 Å². The molecule has 96 valence electrons. The molecule has 1 aliphatic rings. The zero-order valence-electron chi connectivity index (χ0n) is 10.1. The van der Waals surface area contributed by atoms with Gasteiger partial charge in [0.2, 0.25) is 0 Å². The minimum atomic E-state index is -0.729. The van der Waals surface area contributed by atoms with Gasteiger partial charge in [0.05, 0.1) is 23.9 Å². The third-order valence-electron chi connectivity index (χ3n) is 3.70. The van der Waals surface area contributed by atoms with E-state index in [1.165, 1.54) is 17.8 Å². The van der Waals surface area contributed by atoms with Crippen molar-refractivity contribution in [3.8, 4) is 0 Å². The van der Waals surface area contributed by atoms with Gasteiger partial charge in [0.1, 0.15) is 4.83 Å². The summed E-state index contributed by atoms with van der Waals surface area (Å²) >= 11 is 1.47. The number of fused-ring (bicyclic) bond motifs is 1. The zero-order valence-corrected chi connectivity index (χ0v) is 10.9. The maximum Gasteiger partial charge on any atom is 0.262 e. The lowest BCUT2D eigenvalue weighted by atomic mass is 9.85. The quantitative estimate of drug-likeness (QED) is 0.904. The molecule has 0 atom stereocenters. The number of hydrogen-bond donors (Lipinski definition) is 1. The summed E-state index contributed by atoms with van der Waals surface area (Å²) in [5.74, 6) is 0. The summed E-state index contributed by atoms with van der Waals surface area (Å²) in [5, 5.41) is 13.0. The lowest BCUT2D eigenvalue weighted by molar-refractivity contribution is -0.0123. The minimum Gasteiger partial charge on any atom is -0.388 e. The van der Waals surface area contributed by atoms with Crippen LogP contribution in [0.2, 0.25) is 0 Å². The van der Waals surface area contributed by atoms with E-state index in [-0.39, 0.29) is 5.56 Å². The molecular formula is C13H16N2O2S. The first-order valence-electron chi connectivity index (χ1n) is 6.33. The van der Waals surface area contributed by atoms with Crippen molar-refractivity contribution in [3.63, 3.8) is 0 Å². The summed E-state index contributed by atoms with van der Waals surface area (Å²) in [6.45, 7) is 0.366. The molecule has 1 N–H and O–H groups in total. The van der Waals surface area contributed by atoms with Crippen molar-refractivity contribution in [1.82, 2.24) is 9.55 Å². The predicted molar refractivity (Wildman–Crippen MR) is 71.9 cm³/mol. The molecule has 0 spiro atoms. The molecular weight excluding hydrogens is 248 g/mol. The number of aromatic nitrogens is 2. The van der Waals surface area contributed by atoms with E-state index in [1.54, 1.807) is 17.0 Å². The molecule has 2 heterocycles. The highest BCUT2D eigenvalue weighted by atomic mass is 32.1. The van der Waals surface area contributed by atoms with Crippen molar-refractivity contribution in [2.45, 2.75) is 44.2 Å². The molecule has 0 amide bonds. The third-order valence-corrected chi connectivity index (χ3v) is 4.52. The Balaban J connectivity index is 1.94. The lowest BCUT2D eigenvalue weighted by Crippen LogP contribution is -2.39. The monoisotopic (exact) mass is 264 g/mol. The van der Waals surface area contributed by atoms with E-state index < -0.39 is 5.60 Å². The van der Waals surface area contributed by atoms with Gasteiger partial charge in [-0.1, -0.05) is 19.3 Å². The molecule has 2 aromatic heterocycles. The topological polar surface area (TPSA) is 55.1 Å². The minimum absolute atomic E-state index is 0.0414. The molecule has 4 nitrogen and oxygen atoms in total. The number of nitrogens with zero attached hydrogens (tertiary/aromatic N) is 2. The molecule has 0 saturated heterocycles. The summed E-state index contributed by atoms with van der Waals surface area (Å²) in [6, 6.07) is 1.80. The molecule has 0 unspecified atom stereocenters. The molecule has 18 heavy (non-hydrogen) atoms. The Kier molecular flexibility index (Phi) is 2.95. The molecule has 2 aromatic rings. The number of aliphatic hydroxyl groups is 1. The summed E-state index contributed by atoms with van der Waals surface area (Å²) in [7, 11) is 0. The lowest BCUT2D eigenvalue weighted by Gasteiger charge is -2.32. The summed E-state index contributed by atoms with van der Waals surface area (Å²) < 4.78 is 1.56. The predicted octanol–water partition coefficient (Wildman–Crippen LogP) is 2.15. The molecule has 3 rings (SSSR count). The second-order valence-electron chi connectivity index (χ2n) is 5.10. The molecule has 5 heteroatoms. The highest BCUT2D eigenvalue weighted by Gasteiger charge is 2.30. The Bertz CT molecular complexity index is 611. The first kappa shape index (κ1) is 11.9. The van der Waals surface area contributed by atoms with Crippen LogP contribution in [0.25, 0.3) is 10.2 Å². The van der Waals surface area contributed by atoms with Crippen molar-refractivity contribution in [1.29, 1.82) is 0 Å². The molecule has 1 aliphatic carbocycles. The summed E-state index contributed by atoms with van der Waals surface area (Å²) in [4.78, 5) is 17.3. The van der Waals surface area contributed by atoms with E-state index in [0.29, 0.717) is 11.9 Å². The van der Waals surface area contributed by atoms with E-state index in [0.717, 1.165) is 30.5 Å². The summed E-state index contributed by atoms with van der Waals surface area (Å²) in [5.41, 5.74) is -0.770. The highest BCUT2D eigenvalue weighted by molar-refractivity contribution is 7.16. The van der Waals surface area contributed by atoms with Gasteiger partial charge in [-0.2, -0.15) is 0 Å². The number of rotatable bonds is 2. The van der Waals surface area contributed by atoms with Crippen LogP contribution in [0.15, 0.2) is 22.6 Å². The maximum absolute atomic E-state index is 12.2. The first-order chi connectivity index (χ1) is 8.68. The molecule has 1 fully saturated rings. The fourth-order valence-electron chi connectivity index (χ4n) is 2.69. The van der Waals surface area contributed by atoms with Crippen LogP contribution in [-0.4, -0.2) is 20.3 Å². The van der Waals surface area contributed by atoms with E-state index >= 15 is 0 Å². The maximum atomic E-state index is 12.2. The van der Waals surface area contributed by atoms with Gasteiger partial charge in [0.15, 0.2) is 0 Å². The fraction of sp³-hybridized carbons (Fsp3) is 0.538. The van der Waals surface area contributed by atoms with Crippen molar-refractivity contribution in [3.05, 3.63) is 28.1 Å². The van der Waals surface area contributed by atoms with Crippen LogP contribution in [0.1, 0.15) is 32.1 Å². The van der Waals surface area contributed by atoms with E-state index in [4.69, 9.17) is 0 Å². The second-order valence-corrected chi connectivity index (χ2v) is 6.00. The van der Waals surface area contributed by atoms with Gasteiger partial charge in [0.25, 0.3) is 5.56 Å². The Morgan fingerprint density at radius 2 is 2.17 bits per heavy atom. The van der Waals surface area contributed by atoms with Crippen molar-refractivity contribution in [2.24, 2.45) is 0 Å². The molecule has 0 bridgehead atoms. The smallest absolute Gasteiger partial charge is 0.262 e. The average Bonchev–Trinajstić information content (AvgIpc) is 2.83. The standard InChI is InChI=1S/C13H16N2O2S/c16-12-10-4-7-18-11(10)14-9-15(12)8-13(17)5-2-1-3-6-13/h4,7,9,17H,1-3,5-6,8H2. The Hall–Kier alpha value is -1.20. The third kappa shape index (κ3) is 2.08. The van der Waals surface area contributed by atoms with Gasteiger partial charge in [-0.3, -0.25) is 9.36 Å². The van der Waals surface area contributed by atoms with Crippen molar-refractivity contribution < 1.29 is 5.11 Å². The van der Waals surface area contributed by atoms with E-state index in [2.05, 4.69) is 4.98 Å². The van der Waals surface area contributed by atoms with Crippen LogP contribution in [0.4, 0.5) is 0 Å². The Morgan fingerprint density at radius 3 is 2.94 bits per heavy atom. The highest BCUT2D eigenvalue weighted by Crippen LogP contribution is 2.29. The average molecular weight is 264 g/mol. The van der Waals surface area contributed by atoms with Crippen LogP contribution >= 0.6 is 11.3 Å². The normalized spacial score (nSPS) is 19.2. The van der Waals surface area contributed by atoms with Gasteiger partial charge in [-0.05, 0) is 24.3 Å². The number of thiophene rings is 1. The second kappa shape index (κ2) is 4.48. The summed E-state index contributed by atoms with van der Waals surface area (Å²) in [6.07, 6.45) is 6.38. The molecule has 0 aromatic carbocycles.